The Bertz CT molecular complexity index is 836. The highest BCUT2D eigenvalue weighted by molar-refractivity contribution is 5.38. The Morgan fingerprint density at radius 3 is 2.81 bits per heavy atom. The number of anilines is 1. The maximum atomic E-state index is 12.3. The molecule has 1 saturated heterocycles. The van der Waals surface area contributed by atoms with Crippen LogP contribution in [0.1, 0.15) is 56.1 Å². The molecule has 0 bridgehead atoms. The van der Waals surface area contributed by atoms with Crippen molar-refractivity contribution in [1.82, 2.24) is 19.7 Å². The molecule has 2 aliphatic rings. The predicted molar refractivity (Wildman–Crippen MR) is 102 cm³/mol. The minimum absolute atomic E-state index is 0.0606. The first-order valence-electron chi connectivity index (χ1n) is 9.78. The van der Waals surface area contributed by atoms with Gasteiger partial charge in [0.1, 0.15) is 11.6 Å². The van der Waals surface area contributed by atoms with Crippen LogP contribution in [0.5, 0.6) is 0 Å². The molecule has 6 nitrogen and oxygen atoms in total. The first-order valence-corrected chi connectivity index (χ1v) is 9.78. The van der Waals surface area contributed by atoms with Gasteiger partial charge in [0, 0.05) is 37.8 Å². The number of aromatic nitrogens is 4. The van der Waals surface area contributed by atoms with Crippen molar-refractivity contribution in [2.24, 2.45) is 5.92 Å². The van der Waals surface area contributed by atoms with E-state index in [1.54, 1.807) is 10.7 Å². The van der Waals surface area contributed by atoms with Gasteiger partial charge < -0.3 is 4.90 Å². The van der Waals surface area contributed by atoms with Gasteiger partial charge in [0.05, 0.1) is 5.69 Å². The SMILES string of the molecule is CC(C)c1nccc(N2CCC(Cn3nc4c(cc3=O)CCC4)CC2)n1. The van der Waals surface area contributed by atoms with E-state index in [1.165, 1.54) is 0 Å². The lowest BCUT2D eigenvalue weighted by atomic mass is 9.97. The maximum Gasteiger partial charge on any atom is 0.267 e. The van der Waals surface area contributed by atoms with Crippen LogP contribution in [-0.4, -0.2) is 32.8 Å². The van der Waals surface area contributed by atoms with Gasteiger partial charge in [-0.2, -0.15) is 5.10 Å². The summed E-state index contributed by atoms with van der Waals surface area (Å²) in [4.78, 5) is 23.7. The molecule has 0 spiro atoms. The molecule has 0 saturated carbocycles. The van der Waals surface area contributed by atoms with Gasteiger partial charge in [0.25, 0.3) is 5.56 Å². The maximum absolute atomic E-state index is 12.3. The highest BCUT2D eigenvalue weighted by atomic mass is 16.1. The highest BCUT2D eigenvalue weighted by Crippen LogP contribution is 2.24. The van der Waals surface area contributed by atoms with Crippen LogP contribution >= 0.6 is 0 Å². The van der Waals surface area contributed by atoms with E-state index >= 15 is 0 Å². The van der Waals surface area contributed by atoms with Crippen LogP contribution in [0.2, 0.25) is 0 Å². The summed E-state index contributed by atoms with van der Waals surface area (Å²) in [6.07, 6.45) is 7.13. The van der Waals surface area contributed by atoms with E-state index in [9.17, 15) is 4.79 Å². The standard InChI is InChI=1S/C20H27N5O/c1-14(2)20-21-9-6-18(22-20)24-10-7-15(8-11-24)13-25-19(26)12-16-4-3-5-17(16)23-25/h6,9,12,14-15H,3-5,7-8,10-11,13H2,1-2H3. The molecule has 2 aromatic rings. The van der Waals surface area contributed by atoms with E-state index in [0.717, 1.165) is 74.6 Å². The predicted octanol–water partition coefficient (Wildman–Crippen LogP) is 2.56. The van der Waals surface area contributed by atoms with Crippen molar-refractivity contribution in [1.29, 1.82) is 0 Å². The molecule has 0 amide bonds. The molecule has 3 heterocycles. The summed E-state index contributed by atoms with van der Waals surface area (Å²) in [6.45, 7) is 6.91. The first-order chi connectivity index (χ1) is 12.6. The smallest absolute Gasteiger partial charge is 0.267 e. The zero-order chi connectivity index (χ0) is 18.1. The Morgan fingerprint density at radius 2 is 2.04 bits per heavy atom. The quantitative estimate of drug-likeness (QED) is 0.845. The van der Waals surface area contributed by atoms with Crippen LogP contribution in [0.4, 0.5) is 5.82 Å². The number of rotatable bonds is 4. The first kappa shape index (κ1) is 17.2. The van der Waals surface area contributed by atoms with Gasteiger partial charge in [-0.25, -0.2) is 14.6 Å². The van der Waals surface area contributed by atoms with Crippen molar-refractivity contribution in [2.75, 3.05) is 18.0 Å². The van der Waals surface area contributed by atoms with Crippen molar-refractivity contribution in [2.45, 2.75) is 58.4 Å². The number of aryl methyl sites for hydroxylation is 2. The summed E-state index contributed by atoms with van der Waals surface area (Å²) in [5.74, 6) is 2.76. The number of nitrogens with zero attached hydrogens (tertiary/aromatic N) is 5. The molecule has 6 heteroatoms. The van der Waals surface area contributed by atoms with Gasteiger partial charge in [-0.05, 0) is 49.7 Å². The van der Waals surface area contributed by atoms with Crippen LogP contribution in [0.25, 0.3) is 0 Å². The van der Waals surface area contributed by atoms with E-state index < -0.39 is 0 Å². The highest BCUT2D eigenvalue weighted by Gasteiger charge is 2.23. The zero-order valence-corrected chi connectivity index (χ0v) is 15.7. The fourth-order valence-corrected chi connectivity index (χ4v) is 3.98. The van der Waals surface area contributed by atoms with Gasteiger partial charge in [-0.15, -0.1) is 0 Å². The van der Waals surface area contributed by atoms with Crippen LogP contribution < -0.4 is 10.5 Å². The van der Waals surface area contributed by atoms with Gasteiger partial charge in [0.2, 0.25) is 0 Å². The molecular formula is C20H27N5O. The summed E-state index contributed by atoms with van der Waals surface area (Å²) in [6, 6.07) is 3.80. The molecule has 2 aromatic heterocycles. The summed E-state index contributed by atoms with van der Waals surface area (Å²) in [5.41, 5.74) is 2.35. The van der Waals surface area contributed by atoms with Gasteiger partial charge in [-0.1, -0.05) is 13.8 Å². The van der Waals surface area contributed by atoms with Crippen molar-refractivity contribution in [3.8, 4) is 0 Å². The monoisotopic (exact) mass is 353 g/mol. The molecule has 1 aliphatic heterocycles. The number of hydrogen-bond donors (Lipinski definition) is 0. The average Bonchev–Trinajstić information content (AvgIpc) is 3.10. The fourth-order valence-electron chi connectivity index (χ4n) is 3.98. The Labute approximate surface area is 154 Å². The van der Waals surface area contributed by atoms with E-state index in [1.807, 2.05) is 12.3 Å². The Balaban J connectivity index is 1.40. The van der Waals surface area contributed by atoms with E-state index in [0.29, 0.717) is 11.8 Å². The molecule has 1 aliphatic carbocycles. The molecule has 0 N–H and O–H groups in total. The average molecular weight is 353 g/mol. The Kier molecular flexibility index (Phi) is 4.74. The second kappa shape index (κ2) is 7.17. The third-order valence-corrected chi connectivity index (χ3v) is 5.57. The molecule has 138 valence electrons. The third kappa shape index (κ3) is 3.50. The molecule has 0 radical (unpaired) electrons. The van der Waals surface area contributed by atoms with Crippen LogP contribution in [0.15, 0.2) is 23.1 Å². The summed E-state index contributed by atoms with van der Waals surface area (Å²) in [5, 5.41) is 4.63. The molecule has 0 aromatic carbocycles. The van der Waals surface area contributed by atoms with E-state index in [-0.39, 0.29) is 5.56 Å². The van der Waals surface area contributed by atoms with Crippen molar-refractivity contribution in [3.05, 3.63) is 45.8 Å². The second-order valence-corrected chi connectivity index (χ2v) is 7.85. The van der Waals surface area contributed by atoms with Gasteiger partial charge >= 0.3 is 0 Å². The van der Waals surface area contributed by atoms with Crippen molar-refractivity contribution >= 4 is 5.82 Å². The lowest BCUT2D eigenvalue weighted by Gasteiger charge is -2.33. The van der Waals surface area contributed by atoms with Crippen LogP contribution in [-0.2, 0) is 19.4 Å². The molecule has 4 rings (SSSR count). The summed E-state index contributed by atoms with van der Waals surface area (Å²) < 4.78 is 1.70. The lowest BCUT2D eigenvalue weighted by molar-refractivity contribution is 0.333. The van der Waals surface area contributed by atoms with E-state index in [2.05, 4.69) is 28.8 Å². The fraction of sp³-hybridized carbons (Fsp3) is 0.600. The summed E-state index contributed by atoms with van der Waals surface area (Å²) >= 11 is 0. The topological polar surface area (TPSA) is 63.9 Å². The van der Waals surface area contributed by atoms with Crippen LogP contribution in [0.3, 0.4) is 0 Å². The molecule has 1 fully saturated rings. The number of piperidine rings is 1. The van der Waals surface area contributed by atoms with Gasteiger partial charge in [0.15, 0.2) is 0 Å². The molecule has 26 heavy (non-hydrogen) atoms. The zero-order valence-electron chi connectivity index (χ0n) is 15.7. The largest absolute Gasteiger partial charge is 0.356 e. The van der Waals surface area contributed by atoms with E-state index in [4.69, 9.17) is 4.98 Å². The minimum atomic E-state index is 0.0606. The summed E-state index contributed by atoms with van der Waals surface area (Å²) in [7, 11) is 0. The van der Waals surface area contributed by atoms with Crippen molar-refractivity contribution < 1.29 is 0 Å². The van der Waals surface area contributed by atoms with Gasteiger partial charge in [-0.3, -0.25) is 4.79 Å². The molecule has 0 atom stereocenters. The van der Waals surface area contributed by atoms with Crippen molar-refractivity contribution in [3.63, 3.8) is 0 Å². The Morgan fingerprint density at radius 1 is 1.23 bits per heavy atom. The Hall–Kier alpha value is -2.24. The second-order valence-electron chi connectivity index (χ2n) is 7.85. The molecule has 0 unspecified atom stereocenters. The number of hydrogen-bond acceptors (Lipinski definition) is 5. The normalized spacial score (nSPS) is 17.7. The lowest BCUT2D eigenvalue weighted by Crippen LogP contribution is -2.37. The number of fused-ring (bicyclic) bond motifs is 1. The molecular weight excluding hydrogens is 326 g/mol. The third-order valence-electron chi connectivity index (χ3n) is 5.57. The van der Waals surface area contributed by atoms with Crippen LogP contribution in [0, 0.1) is 5.92 Å². The minimum Gasteiger partial charge on any atom is -0.356 e.